The fourth-order valence-electron chi connectivity index (χ4n) is 2.03. The predicted octanol–water partition coefficient (Wildman–Crippen LogP) is 3.00. The third-order valence-electron chi connectivity index (χ3n) is 3.31. The van der Waals surface area contributed by atoms with E-state index in [4.69, 9.17) is 14.6 Å². The van der Waals surface area contributed by atoms with E-state index in [1.54, 1.807) is 18.3 Å². The number of aromatic carboxylic acids is 1. The van der Waals surface area contributed by atoms with Crippen molar-refractivity contribution < 1.29 is 19.4 Å². The van der Waals surface area contributed by atoms with Crippen LogP contribution >= 0.6 is 0 Å². The maximum absolute atomic E-state index is 11.0. The first-order valence-corrected chi connectivity index (χ1v) is 6.72. The van der Waals surface area contributed by atoms with E-state index in [9.17, 15) is 4.79 Å². The van der Waals surface area contributed by atoms with Crippen LogP contribution in [0, 0.1) is 0 Å². The van der Waals surface area contributed by atoms with Crippen LogP contribution < -0.4 is 9.47 Å². The van der Waals surface area contributed by atoms with Gasteiger partial charge in [0, 0.05) is 23.4 Å². The van der Waals surface area contributed by atoms with Gasteiger partial charge in [0.25, 0.3) is 0 Å². The topological polar surface area (TPSA) is 68.7 Å². The van der Waals surface area contributed by atoms with Crippen LogP contribution in [-0.4, -0.2) is 29.3 Å². The normalized spacial score (nSPS) is 13.8. The van der Waals surface area contributed by atoms with Crippen LogP contribution in [-0.2, 0) is 0 Å². The smallest absolute Gasteiger partial charge is 0.335 e. The molecule has 0 radical (unpaired) electrons. The fourth-order valence-corrected chi connectivity index (χ4v) is 2.03. The Balaban J connectivity index is 1.89. The zero-order valence-corrected chi connectivity index (χ0v) is 11.6. The van der Waals surface area contributed by atoms with Crippen LogP contribution in [0.4, 0.5) is 0 Å². The lowest BCUT2D eigenvalue weighted by Gasteiger charge is -2.10. The summed E-state index contributed by atoms with van der Waals surface area (Å²) in [6.07, 6.45) is 4.20. The molecule has 0 saturated heterocycles. The standard InChI is InChI=1S/C16H15NO4/c1-20-14-8-10(16(18)19)2-6-13(14)11-3-7-15(17-9-11)21-12-4-5-12/h2-3,6-9,12H,4-5H2,1H3,(H,18,19). The Hall–Kier alpha value is -2.56. The molecule has 1 fully saturated rings. The number of hydrogen-bond donors (Lipinski definition) is 1. The molecule has 1 saturated carbocycles. The summed E-state index contributed by atoms with van der Waals surface area (Å²) in [5, 5.41) is 9.01. The molecule has 1 aromatic heterocycles. The molecule has 3 rings (SSSR count). The highest BCUT2D eigenvalue weighted by molar-refractivity contribution is 5.89. The molecule has 5 heteroatoms. The highest BCUT2D eigenvalue weighted by Crippen LogP contribution is 2.32. The minimum absolute atomic E-state index is 0.192. The molecule has 108 valence electrons. The van der Waals surface area contributed by atoms with Gasteiger partial charge in [-0.3, -0.25) is 0 Å². The van der Waals surface area contributed by atoms with Gasteiger partial charge in [-0.2, -0.15) is 0 Å². The summed E-state index contributed by atoms with van der Waals surface area (Å²) in [4.78, 5) is 15.3. The van der Waals surface area contributed by atoms with Crippen LogP contribution in [0.15, 0.2) is 36.5 Å². The van der Waals surface area contributed by atoms with E-state index in [0.717, 1.165) is 24.0 Å². The maximum atomic E-state index is 11.0. The number of hydrogen-bond acceptors (Lipinski definition) is 4. The van der Waals surface area contributed by atoms with Crippen molar-refractivity contribution in [1.82, 2.24) is 4.98 Å². The molecule has 0 unspecified atom stereocenters. The zero-order chi connectivity index (χ0) is 14.8. The molecule has 1 heterocycles. The molecule has 2 aromatic rings. The quantitative estimate of drug-likeness (QED) is 0.914. The van der Waals surface area contributed by atoms with Crippen LogP contribution in [0.5, 0.6) is 11.6 Å². The monoisotopic (exact) mass is 285 g/mol. The van der Waals surface area contributed by atoms with Crippen molar-refractivity contribution >= 4 is 5.97 Å². The van der Waals surface area contributed by atoms with Gasteiger partial charge in [-0.25, -0.2) is 9.78 Å². The van der Waals surface area contributed by atoms with Crippen LogP contribution in [0.25, 0.3) is 11.1 Å². The summed E-state index contributed by atoms with van der Waals surface area (Å²) in [6, 6.07) is 8.49. The Bertz CT molecular complexity index is 662. The molecule has 5 nitrogen and oxygen atoms in total. The van der Waals surface area contributed by atoms with E-state index in [2.05, 4.69) is 4.98 Å². The first kappa shape index (κ1) is 13.4. The van der Waals surface area contributed by atoms with Gasteiger partial charge in [-0.15, -0.1) is 0 Å². The molecule has 0 aliphatic heterocycles. The number of benzene rings is 1. The van der Waals surface area contributed by atoms with Gasteiger partial charge in [0.1, 0.15) is 11.9 Å². The number of nitrogens with zero attached hydrogens (tertiary/aromatic N) is 1. The second kappa shape index (κ2) is 5.44. The Morgan fingerprint density at radius 3 is 2.67 bits per heavy atom. The molecule has 0 spiro atoms. The lowest BCUT2D eigenvalue weighted by molar-refractivity contribution is 0.0696. The molecular formula is C16H15NO4. The Morgan fingerprint density at radius 1 is 1.29 bits per heavy atom. The van der Waals surface area contributed by atoms with E-state index < -0.39 is 5.97 Å². The number of carboxylic acids is 1. The lowest BCUT2D eigenvalue weighted by atomic mass is 10.0. The van der Waals surface area contributed by atoms with Crippen molar-refractivity contribution in [3.05, 3.63) is 42.1 Å². The first-order valence-electron chi connectivity index (χ1n) is 6.72. The van der Waals surface area contributed by atoms with Gasteiger partial charge in [0.05, 0.1) is 12.7 Å². The van der Waals surface area contributed by atoms with Crippen molar-refractivity contribution in [3.8, 4) is 22.8 Å². The molecule has 0 bridgehead atoms. The van der Waals surface area contributed by atoms with E-state index in [1.807, 2.05) is 12.1 Å². The average Bonchev–Trinajstić information content (AvgIpc) is 3.31. The summed E-state index contributed by atoms with van der Waals surface area (Å²) in [5.74, 6) is 0.140. The highest BCUT2D eigenvalue weighted by atomic mass is 16.5. The highest BCUT2D eigenvalue weighted by Gasteiger charge is 2.23. The second-order valence-electron chi connectivity index (χ2n) is 4.92. The summed E-state index contributed by atoms with van der Waals surface area (Å²) in [5.41, 5.74) is 1.84. The molecule has 0 amide bonds. The van der Waals surface area contributed by atoms with Crippen molar-refractivity contribution in [2.45, 2.75) is 18.9 Å². The van der Waals surface area contributed by atoms with E-state index in [-0.39, 0.29) is 5.56 Å². The molecule has 1 aromatic carbocycles. The van der Waals surface area contributed by atoms with Crippen LogP contribution in [0.3, 0.4) is 0 Å². The van der Waals surface area contributed by atoms with Gasteiger partial charge in [-0.1, -0.05) is 0 Å². The van der Waals surface area contributed by atoms with Crippen LogP contribution in [0.2, 0.25) is 0 Å². The Labute approximate surface area is 122 Å². The third-order valence-corrected chi connectivity index (χ3v) is 3.31. The average molecular weight is 285 g/mol. The van der Waals surface area contributed by atoms with Gasteiger partial charge < -0.3 is 14.6 Å². The summed E-state index contributed by atoms with van der Waals surface area (Å²) in [7, 11) is 1.52. The van der Waals surface area contributed by atoms with Gasteiger partial charge in [-0.05, 0) is 37.1 Å². The number of aromatic nitrogens is 1. The van der Waals surface area contributed by atoms with Crippen molar-refractivity contribution in [2.24, 2.45) is 0 Å². The third kappa shape index (κ3) is 2.97. The molecule has 21 heavy (non-hydrogen) atoms. The maximum Gasteiger partial charge on any atom is 0.335 e. The lowest BCUT2D eigenvalue weighted by Crippen LogP contribution is -1.99. The van der Waals surface area contributed by atoms with Crippen molar-refractivity contribution in [1.29, 1.82) is 0 Å². The van der Waals surface area contributed by atoms with E-state index >= 15 is 0 Å². The van der Waals surface area contributed by atoms with Gasteiger partial charge >= 0.3 is 5.97 Å². The molecule has 1 aliphatic rings. The van der Waals surface area contributed by atoms with Gasteiger partial charge in [0.15, 0.2) is 0 Å². The van der Waals surface area contributed by atoms with Gasteiger partial charge in [0.2, 0.25) is 5.88 Å². The Kier molecular flexibility index (Phi) is 3.48. The predicted molar refractivity (Wildman–Crippen MR) is 76.8 cm³/mol. The minimum atomic E-state index is -0.980. The summed E-state index contributed by atoms with van der Waals surface area (Å²) < 4.78 is 10.9. The number of carbonyl (C=O) groups is 1. The van der Waals surface area contributed by atoms with Crippen LogP contribution in [0.1, 0.15) is 23.2 Å². The number of rotatable bonds is 5. The summed E-state index contributed by atoms with van der Waals surface area (Å²) in [6.45, 7) is 0. The number of methoxy groups -OCH3 is 1. The van der Waals surface area contributed by atoms with E-state index in [1.165, 1.54) is 13.2 Å². The second-order valence-corrected chi connectivity index (χ2v) is 4.92. The zero-order valence-electron chi connectivity index (χ0n) is 11.6. The number of pyridine rings is 1. The SMILES string of the molecule is COc1cc(C(=O)O)ccc1-c1ccc(OC2CC2)nc1. The molecule has 0 atom stereocenters. The largest absolute Gasteiger partial charge is 0.496 e. The first-order chi connectivity index (χ1) is 10.2. The molecule has 1 aliphatic carbocycles. The fraction of sp³-hybridized carbons (Fsp3) is 0.250. The number of ether oxygens (including phenoxy) is 2. The molecular weight excluding hydrogens is 270 g/mol. The van der Waals surface area contributed by atoms with Crippen molar-refractivity contribution in [2.75, 3.05) is 7.11 Å². The minimum Gasteiger partial charge on any atom is -0.496 e. The number of carboxylic acid groups (broad SMARTS) is 1. The van der Waals surface area contributed by atoms with Crippen molar-refractivity contribution in [3.63, 3.8) is 0 Å². The Morgan fingerprint density at radius 2 is 2.10 bits per heavy atom. The van der Waals surface area contributed by atoms with E-state index in [0.29, 0.717) is 17.7 Å². The summed E-state index contributed by atoms with van der Waals surface area (Å²) >= 11 is 0. The molecule has 1 N–H and O–H groups in total.